The maximum absolute atomic E-state index is 5.87. The van der Waals surface area contributed by atoms with E-state index in [9.17, 15) is 0 Å². The van der Waals surface area contributed by atoms with Crippen molar-refractivity contribution >= 4 is 5.71 Å². The number of aliphatic imine (C=N–C) groups is 1. The van der Waals surface area contributed by atoms with Crippen LogP contribution in [0.4, 0.5) is 0 Å². The Bertz CT molecular complexity index is 308. The first-order valence-electron chi connectivity index (χ1n) is 4.14. The molecule has 2 aliphatic rings. The van der Waals surface area contributed by atoms with E-state index >= 15 is 0 Å². The third-order valence-corrected chi connectivity index (χ3v) is 2.20. The van der Waals surface area contributed by atoms with Crippen LogP contribution in [0.5, 0.6) is 0 Å². The quantitative estimate of drug-likeness (QED) is 0.571. The van der Waals surface area contributed by atoms with E-state index in [2.05, 4.69) is 23.2 Å². The summed E-state index contributed by atoms with van der Waals surface area (Å²) in [6.45, 7) is 1.98. The number of nitrogens with zero attached hydrogens (tertiary/aromatic N) is 1. The number of dihydropyridines is 1. The van der Waals surface area contributed by atoms with E-state index in [1.807, 2.05) is 19.1 Å². The van der Waals surface area contributed by atoms with Gasteiger partial charge in [-0.1, -0.05) is 24.3 Å². The van der Waals surface area contributed by atoms with Crippen molar-refractivity contribution in [2.24, 2.45) is 16.6 Å². The van der Waals surface area contributed by atoms with Gasteiger partial charge in [0.15, 0.2) is 0 Å². The van der Waals surface area contributed by atoms with Crippen LogP contribution in [0.3, 0.4) is 0 Å². The Labute approximate surface area is 72.2 Å². The summed E-state index contributed by atoms with van der Waals surface area (Å²) in [4.78, 5) is 4.30. The minimum Gasteiger partial charge on any atom is -0.309 e. The molecule has 12 heavy (non-hydrogen) atoms. The second-order valence-corrected chi connectivity index (χ2v) is 3.18. The largest absolute Gasteiger partial charge is 0.309 e. The lowest BCUT2D eigenvalue weighted by atomic mass is 9.89. The Hall–Kier alpha value is -1.15. The second-order valence-electron chi connectivity index (χ2n) is 3.18. The Balaban J connectivity index is 2.38. The summed E-state index contributed by atoms with van der Waals surface area (Å²) in [5, 5.41) is 0. The van der Waals surface area contributed by atoms with Crippen LogP contribution in [0.2, 0.25) is 0 Å². The number of nitrogens with two attached hydrogens (primary N) is 1. The van der Waals surface area contributed by atoms with E-state index < -0.39 is 0 Å². The molecule has 0 aromatic heterocycles. The van der Waals surface area contributed by atoms with Crippen LogP contribution in [0.25, 0.3) is 0 Å². The molecular weight excluding hydrogens is 148 g/mol. The number of rotatable bonds is 0. The molecular formula is C10H12N2. The van der Waals surface area contributed by atoms with Gasteiger partial charge < -0.3 is 5.73 Å². The lowest BCUT2D eigenvalue weighted by Crippen LogP contribution is -2.32. The minimum atomic E-state index is -0.0915. The standard InChI is InChI=1S/C10H12N2/c1-7-6-8-4-2-3-5-9(8)10(11)12-7/h2-6,9-10H,11H2,1H3. The van der Waals surface area contributed by atoms with Gasteiger partial charge in [0.2, 0.25) is 0 Å². The molecule has 2 heteroatoms. The number of hydrogen-bond acceptors (Lipinski definition) is 2. The Morgan fingerprint density at radius 2 is 2.25 bits per heavy atom. The van der Waals surface area contributed by atoms with Gasteiger partial charge in [-0.15, -0.1) is 0 Å². The molecule has 2 unspecified atom stereocenters. The van der Waals surface area contributed by atoms with E-state index in [0.717, 1.165) is 5.71 Å². The summed E-state index contributed by atoms with van der Waals surface area (Å²) in [5.74, 6) is 0.290. The average molecular weight is 160 g/mol. The van der Waals surface area contributed by atoms with Gasteiger partial charge in [0.1, 0.15) is 6.17 Å². The molecule has 0 fully saturated rings. The first kappa shape index (κ1) is 7.50. The molecule has 0 amide bonds. The van der Waals surface area contributed by atoms with Gasteiger partial charge in [0.05, 0.1) is 0 Å². The molecule has 2 nitrogen and oxygen atoms in total. The second kappa shape index (κ2) is 2.72. The van der Waals surface area contributed by atoms with E-state index in [4.69, 9.17) is 5.73 Å². The highest BCUT2D eigenvalue weighted by Gasteiger charge is 2.21. The zero-order valence-corrected chi connectivity index (χ0v) is 7.07. The fourth-order valence-corrected chi connectivity index (χ4v) is 1.62. The lowest BCUT2D eigenvalue weighted by molar-refractivity contribution is 0.583. The SMILES string of the molecule is CC1=NC(N)C2C=CC=CC2=C1. The van der Waals surface area contributed by atoms with Crippen LogP contribution < -0.4 is 5.73 Å². The van der Waals surface area contributed by atoms with E-state index in [-0.39, 0.29) is 6.17 Å². The van der Waals surface area contributed by atoms with Crippen molar-refractivity contribution < 1.29 is 0 Å². The predicted octanol–water partition coefficient (Wildman–Crippen LogP) is 1.41. The summed E-state index contributed by atoms with van der Waals surface area (Å²) in [6, 6.07) is 0. The molecule has 0 aromatic carbocycles. The average Bonchev–Trinajstić information content (AvgIpc) is 2.04. The first-order chi connectivity index (χ1) is 5.77. The van der Waals surface area contributed by atoms with E-state index in [1.165, 1.54) is 5.57 Å². The highest BCUT2D eigenvalue weighted by atomic mass is 15.0. The van der Waals surface area contributed by atoms with Crippen molar-refractivity contribution in [1.29, 1.82) is 0 Å². The first-order valence-corrected chi connectivity index (χ1v) is 4.14. The van der Waals surface area contributed by atoms with Crippen molar-refractivity contribution in [3.8, 4) is 0 Å². The molecule has 2 atom stereocenters. The van der Waals surface area contributed by atoms with Gasteiger partial charge in [-0.25, -0.2) is 0 Å². The van der Waals surface area contributed by atoms with Gasteiger partial charge in [0, 0.05) is 11.6 Å². The number of allylic oxidation sites excluding steroid dienone is 4. The molecule has 0 aromatic rings. The Morgan fingerprint density at radius 1 is 1.42 bits per heavy atom. The lowest BCUT2D eigenvalue weighted by Gasteiger charge is -2.24. The molecule has 62 valence electrons. The Morgan fingerprint density at radius 3 is 3.08 bits per heavy atom. The maximum atomic E-state index is 5.87. The molecule has 0 bridgehead atoms. The molecule has 2 rings (SSSR count). The van der Waals surface area contributed by atoms with E-state index in [1.54, 1.807) is 0 Å². The van der Waals surface area contributed by atoms with Crippen molar-refractivity contribution in [1.82, 2.24) is 0 Å². The molecule has 1 aliphatic heterocycles. The summed E-state index contributed by atoms with van der Waals surface area (Å²) in [6.07, 6.45) is 10.3. The van der Waals surface area contributed by atoms with E-state index in [0.29, 0.717) is 5.92 Å². The minimum absolute atomic E-state index is 0.0915. The fourth-order valence-electron chi connectivity index (χ4n) is 1.62. The number of hydrogen-bond donors (Lipinski definition) is 1. The van der Waals surface area contributed by atoms with Crippen molar-refractivity contribution in [2.45, 2.75) is 13.1 Å². The van der Waals surface area contributed by atoms with Crippen molar-refractivity contribution in [3.63, 3.8) is 0 Å². The molecule has 2 N–H and O–H groups in total. The van der Waals surface area contributed by atoms with Gasteiger partial charge in [0.25, 0.3) is 0 Å². The van der Waals surface area contributed by atoms with Crippen LogP contribution in [-0.4, -0.2) is 11.9 Å². The van der Waals surface area contributed by atoms with Crippen molar-refractivity contribution in [2.75, 3.05) is 0 Å². The normalized spacial score (nSPS) is 32.5. The summed E-state index contributed by atoms with van der Waals surface area (Å²) < 4.78 is 0. The molecule has 0 saturated carbocycles. The monoisotopic (exact) mass is 160 g/mol. The van der Waals surface area contributed by atoms with Gasteiger partial charge in [-0.3, -0.25) is 4.99 Å². The maximum Gasteiger partial charge on any atom is 0.108 e. The van der Waals surface area contributed by atoms with Gasteiger partial charge in [-0.2, -0.15) is 0 Å². The van der Waals surface area contributed by atoms with Crippen LogP contribution in [0.15, 0.2) is 40.9 Å². The predicted molar refractivity (Wildman–Crippen MR) is 50.9 cm³/mol. The molecule has 0 spiro atoms. The highest BCUT2D eigenvalue weighted by molar-refractivity contribution is 5.95. The summed E-state index contributed by atoms with van der Waals surface area (Å²) in [7, 11) is 0. The summed E-state index contributed by atoms with van der Waals surface area (Å²) in [5.41, 5.74) is 8.16. The molecule has 1 aliphatic carbocycles. The Kier molecular flexibility index (Phi) is 1.70. The van der Waals surface area contributed by atoms with Gasteiger partial charge >= 0.3 is 0 Å². The third-order valence-electron chi connectivity index (χ3n) is 2.20. The third kappa shape index (κ3) is 1.14. The number of fused-ring (bicyclic) bond motifs is 1. The van der Waals surface area contributed by atoms with Crippen molar-refractivity contribution in [3.05, 3.63) is 36.0 Å². The van der Waals surface area contributed by atoms with Crippen LogP contribution >= 0.6 is 0 Å². The molecule has 0 saturated heterocycles. The van der Waals surface area contributed by atoms with Crippen LogP contribution in [-0.2, 0) is 0 Å². The topological polar surface area (TPSA) is 38.4 Å². The van der Waals surface area contributed by atoms with Gasteiger partial charge in [-0.05, 0) is 18.6 Å². The highest BCUT2D eigenvalue weighted by Crippen LogP contribution is 2.25. The zero-order chi connectivity index (χ0) is 8.55. The smallest absolute Gasteiger partial charge is 0.108 e. The zero-order valence-electron chi connectivity index (χ0n) is 7.07. The molecule has 0 radical (unpaired) electrons. The van der Waals surface area contributed by atoms with Crippen LogP contribution in [0.1, 0.15) is 6.92 Å². The summed E-state index contributed by atoms with van der Waals surface area (Å²) >= 11 is 0. The molecule has 1 heterocycles. The van der Waals surface area contributed by atoms with Crippen LogP contribution in [0, 0.1) is 5.92 Å². The fraction of sp³-hybridized carbons (Fsp3) is 0.300.